The van der Waals surface area contributed by atoms with Crippen LogP contribution in [0, 0.1) is 6.92 Å². The summed E-state index contributed by atoms with van der Waals surface area (Å²) in [5, 5.41) is 2.99. The zero-order valence-electron chi connectivity index (χ0n) is 22.0. The molecule has 0 saturated carbocycles. The molecule has 0 radical (unpaired) electrons. The summed E-state index contributed by atoms with van der Waals surface area (Å²) in [4.78, 5) is 35.3. The van der Waals surface area contributed by atoms with Gasteiger partial charge in [0, 0.05) is 22.9 Å². The molecule has 0 fully saturated rings. The van der Waals surface area contributed by atoms with Crippen molar-refractivity contribution in [2.45, 2.75) is 26.2 Å². The lowest BCUT2D eigenvalue weighted by Gasteiger charge is -2.10. The highest BCUT2D eigenvalue weighted by molar-refractivity contribution is 6.11. The highest BCUT2D eigenvalue weighted by Gasteiger charge is 2.12. The van der Waals surface area contributed by atoms with E-state index in [1.54, 1.807) is 25.3 Å². The van der Waals surface area contributed by atoms with Crippen LogP contribution >= 0.6 is 0 Å². The van der Waals surface area contributed by atoms with E-state index in [1.807, 2.05) is 79.7 Å². The number of fused-ring (bicyclic) bond motifs is 7. The number of aromatic nitrogens is 1. The van der Waals surface area contributed by atoms with Crippen LogP contribution in [0.5, 0.6) is 5.75 Å². The third kappa shape index (κ3) is 6.36. The Morgan fingerprint density at radius 1 is 0.872 bits per heavy atom. The van der Waals surface area contributed by atoms with Crippen molar-refractivity contribution in [1.29, 1.82) is 0 Å². The predicted octanol–water partition coefficient (Wildman–Crippen LogP) is 5.78. The SMILES string of the molecule is COc1ccc2cc1-c1ccc(=O)cc(n1)CCc1cccc(c1)C(=O)NC(=Nc1ccccc1C)/C=C/C2. The zero-order chi connectivity index (χ0) is 27.2. The Morgan fingerprint density at radius 2 is 1.74 bits per heavy atom. The molecule has 4 aromatic rings. The highest BCUT2D eigenvalue weighted by atomic mass is 16.5. The van der Waals surface area contributed by atoms with Crippen molar-refractivity contribution >= 4 is 17.4 Å². The molecule has 6 nitrogen and oxygen atoms in total. The van der Waals surface area contributed by atoms with Crippen LogP contribution in [-0.2, 0) is 19.3 Å². The van der Waals surface area contributed by atoms with Gasteiger partial charge in [-0.05, 0) is 91.4 Å². The van der Waals surface area contributed by atoms with E-state index in [1.165, 1.54) is 6.07 Å². The monoisotopic (exact) mass is 515 g/mol. The zero-order valence-corrected chi connectivity index (χ0v) is 22.0. The van der Waals surface area contributed by atoms with Crippen molar-refractivity contribution in [2.24, 2.45) is 4.99 Å². The summed E-state index contributed by atoms with van der Waals surface area (Å²) in [7, 11) is 1.63. The second-order valence-corrected chi connectivity index (χ2v) is 9.45. The first-order valence-electron chi connectivity index (χ1n) is 12.9. The molecule has 2 heterocycles. The van der Waals surface area contributed by atoms with Crippen LogP contribution in [0.3, 0.4) is 0 Å². The van der Waals surface area contributed by atoms with Crippen molar-refractivity contribution < 1.29 is 9.53 Å². The molecule has 0 atom stereocenters. The van der Waals surface area contributed by atoms with Crippen molar-refractivity contribution in [3.8, 4) is 17.0 Å². The number of benzene rings is 3. The Morgan fingerprint density at radius 3 is 2.59 bits per heavy atom. The summed E-state index contributed by atoms with van der Waals surface area (Å²) in [6.07, 6.45) is 5.56. The number of methoxy groups -OCH3 is 1. The number of para-hydroxylation sites is 1. The maximum atomic E-state index is 13.3. The molecule has 3 aromatic carbocycles. The van der Waals surface area contributed by atoms with Gasteiger partial charge in [-0.2, -0.15) is 0 Å². The highest BCUT2D eigenvalue weighted by Crippen LogP contribution is 2.30. The van der Waals surface area contributed by atoms with Gasteiger partial charge in [0.25, 0.3) is 5.91 Å². The number of amides is 1. The van der Waals surface area contributed by atoms with Crippen LogP contribution < -0.4 is 15.5 Å². The molecule has 0 saturated heterocycles. The summed E-state index contributed by atoms with van der Waals surface area (Å²) < 4.78 is 5.64. The third-order valence-electron chi connectivity index (χ3n) is 6.60. The van der Waals surface area contributed by atoms with Crippen LogP contribution in [0.1, 0.15) is 32.7 Å². The third-order valence-corrected chi connectivity index (χ3v) is 6.60. The average molecular weight is 516 g/mol. The minimum atomic E-state index is -0.238. The van der Waals surface area contributed by atoms with Gasteiger partial charge in [0.15, 0.2) is 5.43 Å². The van der Waals surface area contributed by atoms with Gasteiger partial charge in [-0.15, -0.1) is 0 Å². The van der Waals surface area contributed by atoms with Crippen molar-refractivity contribution in [1.82, 2.24) is 10.3 Å². The van der Waals surface area contributed by atoms with Crippen LogP contribution in [0.4, 0.5) is 5.69 Å². The fraction of sp³-hybridized carbons (Fsp3) is 0.152. The predicted molar refractivity (Wildman–Crippen MR) is 155 cm³/mol. The van der Waals surface area contributed by atoms with E-state index in [9.17, 15) is 9.59 Å². The smallest absolute Gasteiger partial charge is 0.256 e. The molecule has 6 bridgehead atoms. The number of aliphatic imine (C=N–C) groups is 1. The lowest BCUT2D eigenvalue weighted by molar-refractivity contribution is 0.0977. The number of aryl methyl sites for hydroxylation is 3. The molecule has 0 unspecified atom stereocenters. The number of nitrogens with one attached hydrogen (secondary N) is 1. The molecule has 1 aromatic heterocycles. The lowest BCUT2D eigenvalue weighted by atomic mass is 10.0. The number of amidine groups is 1. The van der Waals surface area contributed by atoms with Crippen molar-refractivity contribution in [3.05, 3.63) is 135 Å². The number of carbonyl (C=O) groups is 1. The first-order chi connectivity index (χ1) is 19.0. The number of hydrogen-bond donors (Lipinski definition) is 1. The molecule has 5 rings (SSSR count). The topological polar surface area (TPSA) is 80.6 Å². The maximum absolute atomic E-state index is 13.3. The summed E-state index contributed by atoms with van der Waals surface area (Å²) in [5.74, 6) is 0.902. The molecule has 0 spiro atoms. The molecular weight excluding hydrogens is 486 g/mol. The van der Waals surface area contributed by atoms with Crippen LogP contribution in [0.25, 0.3) is 11.3 Å². The summed E-state index contributed by atoms with van der Waals surface area (Å²) in [5.41, 5.74) is 6.40. The second-order valence-electron chi connectivity index (χ2n) is 9.45. The minimum absolute atomic E-state index is 0.107. The summed E-state index contributed by atoms with van der Waals surface area (Å²) in [6, 6.07) is 26.1. The number of nitrogens with zero attached hydrogens (tertiary/aromatic N) is 2. The molecule has 1 aliphatic heterocycles. The Bertz CT molecular complexity index is 1660. The molecule has 1 N–H and O–H groups in total. The second kappa shape index (κ2) is 11.7. The molecule has 194 valence electrons. The van der Waals surface area contributed by atoms with Gasteiger partial charge < -0.3 is 10.1 Å². The Balaban J connectivity index is 1.62. The molecule has 1 amide bonds. The van der Waals surface area contributed by atoms with Crippen LogP contribution in [-0.4, -0.2) is 23.8 Å². The van der Waals surface area contributed by atoms with E-state index in [-0.39, 0.29) is 11.3 Å². The molecule has 6 heteroatoms. The normalized spacial score (nSPS) is 15.2. The number of ether oxygens (including phenoxy) is 1. The van der Waals surface area contributed by atoms with Gasteiger partial charge in [0.1, 0.15) is 11.6 Å². The van der Waals surface area contributed by atoms with Crippen LogP contribution in [0.2, 0.25) is 0 Å². The standard InChI is InChI=1S/C33H29N3O3/c1-22-7-3-4-11-29(22)35-32-12-6-9-24-14-18-31(39-2)28(20-24)30-17-16-27(37)21-26(34-30)15-13-23-8-5-10-25(19-23)33(38)36-32/h3-8,10-12,14,16-21H,9,13,15H2,1-2H3,(H,35,36,38)/b12-6+. The van der Waals surface area contributed by atoms with Gasteiger partial charge in [0.2, 0.25) is 0 Å². The Kier molecular flexibility index (Phi) is 7.73. The van der Waals surface area contributed by atoms with Gasteiger partial charge in [-0.25, -0.2) is 4.99 Å². The summed E-state index contributed by atoms with van der Waals surface area (Å²) in [6.45, 7) is 1.99. The van der Waals surface area contributed by atoms with E-state index in [2.05, 4.69) is 5.32 Å². The fourth-order valence-corrected chi connectivity index (χ4v) is 4.52. The molecular formula is C33H29N3O3. The number of rotatable bonds is 2. The Labute approximate surface area is 227 Å². The lowest BCUT2D eigenvalue weighted by Crippen LogP contribution is -2.29. The molecule has 39 heavy (non-hydrogen) atoms. The van der Waals surface area contributed by atoms with Crippen LogP contribution in [0.15, 0.2) is 107 Å². The van der Waals surface area contributed by atoms with Gasteiger partial charge in [-0.3, -0.25) is 14.6 Å². The van der Waals surface area contributed by atoms with Gasteiger partial charge in [-0.1, -0.05) is 42.5 Å². The van der Waals surface area contributed by atoms with E-state index < -0.39 is 0 Å². The average Bonchev–Trinajstić information content (AvgIpc) is 3.13. The van der Waals surface area contributed by atoms with E-state index in [0.29, 0.717) is 47.8 Å². The first kappa shape index (κ1) is 25.8. The fourth-order valence-electron chi connectivity index (χ4n) is 4.52. The Hall–Kier alpha value is -4.84. The van der Waals surface area contributed by atoms with E-state index in [4.69, 9.17) is 14.7 Å². The number of allylic oxidation sites excluding steroid dienone is 1. The van der Waals surface area contributed by atoms with Crippen molar-refractivity contribution in [2.75, 3.05) is 7.11 Å². The number of hydrogen-bond acceptors (Lipinski definition) is 5. The maximum Gasteiger partial charge on any atom is 0.256 e. The van der Waals surface area contributed by atoms with E-state index >= 15 is 0 Å². The summed E-state index contributed by atoms with van der Waals surface area (Å²) >= 11 is 0. The quantitative estimate of drug-likeness (QED) is 0.367. The minimum Gasteiger partial charge on any atom is -0.496 e. The van der Waals surface area contributed by atoms with E-state index in [0.717, 1.165) is 27.9 Å². The number of carbonyl (C=O) groups excluding carboxylic acids is 1. The van der Waals surface area contributed by atoms with Gasteiger partial charge in [0.05, 0.1) is 18.5 Å². The largest absolute Gasteiger partial charge is 0.496 e. The van der Waals surface area contributed by atoms with Gasteiger partial charge >= 0.3 is 0 Å². The first-order valence-corrected chi connectivity index (χ1v) is 12.9. The van der Waals surface area contributed by atoms with Crippen molar-refractivity contribution in [3.63, 3.8) is 0 Å². The molecule has 1 aliphatic rings. The molecule has 0 aliphatic carbocycles.